The fourth-order valence-electron chi connectivity index (χ4n) is 2.38. The van der Waals surface area contributed by atoms with E-state index in [0.29, 0.717) is 22.7 Å². The number of ether oxygens (including phenoxy) is 2. The molecule has 5 heteroatoms. The van der Waals surface area contributed by atoms with Gasteiger partial charge in [0.05, 0.1) is 18.5 Å². The Hall–Kier alpha value is -3.47. The largest absolute Gasteiger partial charge is 0.497 e. The summed E-state index contributed by atoms with van der Waals surface area (Å²) in [6, 6.07) is 18.4. The molecule has 3 aromatic rings. The average Bonchev–Trinajstić information content (AvgIpc) is 2.67. The first-order valence-corrected chi connectivity index (χ1v) is 8.03. The van der Waals surface area contributed by atoms with Gasteiger partial charge in [0, 0.05) is 16.3 Å². The molecule has 3 aromatic carbocycles. The van der Waals surface area contributed by atoms with E-state index in [9.17, 15) is 4.79 Å². The number of benzene rings is 3. The molecule has 26 heavy (non-hydrogen) atoms. The van der Waals surface area contributed by atoms with Gasteiger partial charge in [-0.1, -0.05) is 30.8 Å². The highest BCUT2D eigenvalue weighted by molar-refractivity contribution is 5.99. The Morgan fingerprint density at radius 2 is 1.62 bits per heavy atom. The van der Waals surface area contributed by atoms with Crippen molar-refractivity contribution in [3.63, 3.8) is 0 Å². The molecule has 0 radical (unpaired) electrons. The summed E-state index contributed by atoms with van der Waals surface area (Å²) in [4.78, 5) is 11.8. The number of azo groups is 1. The second-order valence-corrected chi connectivity index (χ2v) is 5.70. The van der Waals surface area contributed by atoms with Crippen molar-refractivity contribution in [2.75, 3.05) is 7.11 Å². The highest BCUT2D eigenvalue weighted by Crippen LogP contribution is 2.34. The van der Waals surface area contributed by atoms with Crippen LogP contribution in [0.3, 0.4) is 0 Å². The Kier molecular flexibility index (Phi) is 5.08. The summed E-state index contributed by atoms with van der Waals surface area (Å²) in [5.74, 6) is 0.776. The van der Waals surface area contributed by atoms with Gasteiger partial charge in [-0.25, -0.2) is 4.79 Å². The van der Waals surface area contributed by atoms with Gasteiger partial charge in [0.15, 0.2) is 0 Å². The Balaban J connectivity index is 1.95. The van der Waals surface area contributed by atoms with Crippen molar-refractivity contribution in [1.82, 2.24) is 0 Å². The van der Waals surface area contributed by atoms with Gasteiger partial charge in [0.1, 0.15) is 11.5 Å². The van der Waals surface area contributed by atoms with E-state index in [0.717, 1.165) is 16.5 Å². The topological polar surface area (TPSA) is 60.2 Å². The molecule has 0 aliphatic heterocycles. The monoisotopic (exact) mass is 346 g/mol. The Morgan fingerprint density at radius 3 is 2.27 bits per heavy atom. The van der Waals surface area contributed by atoms with Crippen LogP contribution in [0.1, 0.15) is 6.92 Å². The van der Waals surface area contributed by atoms with Gasteiger partial charge in [-0.3, -0.25) is 0 Å². The zero-order chi connectivity index (χ0) is 18.5. The zero-order valence-corrected chi connectivity index (χ0v) is 14.6. The molecule has 0 unspecified atom stereocenters. The first-order chi connectivity index (χ1) is 12.6. The zero-order valence-electron chi connectivity index (χ0n) is 14.6. The van der Waals surface area contributed by atoms with Crippen LogP contribution >= 0.6 is 0 Å². The maximum Gasteiger partial charge on any atom is 0.338 e. The van der Waals surface area contributed by atoms with E-state index in [-0.39, 0.29) is 0 Å². The van der Waals surface area contributed by atoms with Crippen LogP contribution in [0.15, 0.2) is 83.0 Å². The highest BCUT2D eigenvalue weighted by atomic mass is 16.5. The van der Waals surface area contributed by atoms with Crippen molar-refractivity contribution in [2.24, 2.45) is 10.2 Å². The number of methoxy groups -OCH3 is 1. The van der Waals surface area contributed by atoms with Crippen LogP contribution < -0.4 is 9.47 Å². The third-order valence-electron chi connectivity index (χ3n) is 3.76. The van der Waals surface area contributed by atoms with Crippen molar-refractivity contribution in [3.05, 3.63) is 72.8 Å². The Morgan fingerprint density at radius 1 is 0.923 bits per heavy atom. The lowest BCUT2D eigenvalue weighted by Gasteiger charge is -2.09. The predicted octanol–water partition coefficient (Wildman–Crippen LogP) is 5.75. The van der Waals surface area contributed by atoms with Crippen LogP contribution in [-0.2, 0) is 4.79 Å². The van der Waals surface area contributed by atoms with Crippen LogP contribution in [0.25, 0.3) is 10.8 Å². The number of nitrogens with zero attached hydrogens (tertiary/aromatic N) is 2. The normalized spacial score (nSPS) is 10.8. The molecule has 0 N–H and O–H groups in total. The van der Waals surface area contributed by atoms with Gasteiger partial charge in [-0.05, 0) is 43.3 Å². The minimum Gasteiger partial charge on any atom is -0.497 e. The number of hydrogen-bond acceptors (Lipinski definition) is 5. The van der Waals surface area contributed by atoms with Crippen molar-refractivity contribution < 1.29 is 14.3 Å². The lowest BCUT2D eigenvalue weighted by Crippen LogP contribution is -2.08. The molecule has 0 saturated carbocycles. The molecule has 0 aliphatic rings. The molecule has 3 rings (SSSR count). The van der Waals surface area contributed by atoms with Gasteiger partial charge in [0.2, 0.25) is 0 Å². The van der Waals surface area contributed by atoms with Gasteiger partial charge < -0.3 is 9.47 Å². The number of carbonyl (C=O) groups is 1. The summed E-state index contributed by atoms with van der Waals surface area (Å²) in [7, 11) is 1.62. The summed E-state index contributed by atoms with van der Waals surface area (Å²) in [6.07, 6.45) is 0. The average molecular weight is 346 g/mol. The minimum absolute atomic E-state index is 0.345. The molecule has 0 aliphatic carbocycles. The summed E-state index contributed by atoms with van der Waals surface area (Å²) >= 11 is 0. The van der Waals surface area contributed by atoms with E-state index in [1.54, 1.807) is 26.2 Å². The third kappa shape index (κ3) is 3.78. The lowest BCUT2D eigenvalue weighted by atomic mass is 10.1. The first-order valence-electron chi connectivity index (χ1n) is 8.03. The van der Waals surface area contributed by atoms with E-state index < -0.39 is 5.97 Å². The highest BCUT2D eigenvalue weighted by Gasteiger charge is 2.11. The predicted molar refractivity (Wildman–Crippen MR) is 102 cm³/mol. The molecule has 0 fully saturated rings. The molecule has 0 spiro atoms. The smallest absolute Gasteiger partial charge is 0.338 e. The van der Waals surface area contributed by atoms with E-state index in [1.165, 1.54) is 0 Å². The molecule has 5 nitrogen and oxygen atoms in total. The van der Waals surface area contributed by atoms with Gasteiger partial charge in [0.25, 0.3) is 0 Å². The summed E-state index contributed by atoms with van der Waals surface area (Å²) < 4.78 is 10.5. The van der Waals surface area contributed by atoms with E-state index in [4.69, 9.17) is 9.47 Å². The number of rotatable bonds is 5. The molecule has 0 bridgehead atoms. The van der Waals surface area contributed by atoms with Gasteiger partial charge >= 0.3 is 5.97 Å². The van der Waals surface area contributed by atoms with E-state index >= 15 is 0 Å². The molecular formula is C21H18N2O3. The summed E-state index contributed by atoms with van der Waals surface area (Å²) in [5.41, 5.74) is 1.75. The number of fused-ring (bicyclic) bond motifs is 1. The molecule has 0 aromatic heterocycles. The second kappa shape index (κ2) is 7.61. The van der Waals surface area contributed by atoms with E-state index in [2.05, 4.69) is 16.8 Å². The van der Waals surface area contributed by atoms with Crippen molar-refractivity contribution in [3.8, 4) is 11.5 Å². The fraction of sp³-hybridized carbons (Fsp3) is 0.0952. The quantitative estimate of drug-likeness (QED) is 0.256. The lowest BCUT2D eigenvalue weighted by molar-refractivity contribution is -0.129. The SMILES string of the molecule is C=C(C)C(=O)Oc1ccc(N=Nc2ccc(OC)cc2)c2ccccc12. The van der Waals surface area contributed by atoms with Crippen LogP contribution in [0.5, 0.6) is 11.5 Å². The second-order valence-electron chi connectivity index (χ2n) is 5.70. The molecule has 0 saturated heterocycles. The molecule has 0 atom stereocenters. The van der Waals surface area contributed by atoms with Crippen LogP contribution in [-0.4, -0.2) is 13.1 Å². The van der Waals surface area contributed by atoms with Crippen molar-refractivity contribution in [2.45, 2.75) is 6.92 Å². The fourth-order valence-corrected chi connectivity index (χ4v) is 2.38. The summed E-state index contributed by atoms with van der Waals surface area (Å²) in [5, 5.41) is 10.2. The molecule has 130 valence electrons. The van der Waals surface area contributed by atoms with Crippen LogP contribution in [0.2, 0.25) is 0 Å². The number of esters is 1. The number of carbonyl (C=O) groups excluding carboxylic acids is 1. The standard InChI is InChI=1S/C21H18N2O3/c1-14(2)21(24)26-20-13-12-19(17-6-4-5-7-18(17)20)23-22-15-8-10-16(25-3)11-9-15/h4-13H,1H2,2-3H3. The summed E-state index contributed by atoms with van der Waals surface area (Å²) in [6.45, 7) is 5.22. The van der Waals surface area contributed by atoms with E-state index in [1.807, 2.05) is 48.5 Å². The molecule has 0 amide bonds. The maximum absolute atomic E-state index is 11.8. The minimum atomic E-state index is -0.456. The van der Waals surface area contributed by atoms with Gasteiger partial charge in [-0.15, -0.1) is 5.11 Å². The van der Waals surface area contributed by atoms with Crippen molar-refractivity contribution in [1.29, 1.82) is 0 Å². The third-order valence-corrected chi connectivity index (χ3v) is 3.76. The number of hydrogen-bond donors (Lipinski definition) is 0. The van der Waals surface area contributed by atoms with Gasteiger partial charge in [-0.2, -0.15) is 5.11 Å². The van der Waals surface area contributed by atoms with Crippen molar-refractivity contribution >= 4 is 28.1 Å². The maximum atomic E-state index is 11.8. The van der Waals surface area contributed by atoms with Crippen LogP contribution in [0, 0.1) is 0 Å². The first kappa shape index (κ1) is 17.4. The Labute approximate surface area is 151 Å². The van der Waals surface area contributed by atoms with Crippen LogP contribution in [0.4, 0.5) is 11.4 Å². The Bertz CT molecular complexity index is 992. The molecule has 0 heterocycles. The molecular weight excluding hydrogens is 328 g/mol.